The van der Waals surface area contributed by atoms with E-state index in [4.69, 9.17) is 4.74 Å². The number of nitrogens with one attached hydrogen (secondary N) is 1. The molecule has 1 amide bonds. The molecule has 5 rings (SSSR count). The zero-order valence-electron chi connectivity index (χ0n) is 16.9. The van der Waals surface area contributed by atoms with Gasteiger partial charge in [-0.2, -0.15) is 0 Å². The number of rotatable bonds is 5. The lowest BCUT2D eigenvalue weighted by molar-refractivity contribution is 0.0821. The Kier molecular flexibility index (Phi) is 4.32. The van der Waals surface area contributed by atoms with Crippen LogP contribution in [-0.4, -0.2) is 20.7 Å². The Morgan fingerprint density at radius 2 is 1.81 bits per heavy atom. The standard InChI is InChI=1S/C22H19F3N4O2/c1-22(2,31-18-16(24)8-13(23)9-17(18)25)21-28-27-19(29(21)14-4-5-14)11-3-6-15-12(7-11)10-26-20(15)30/h3,6-9,14H,4-5,10H2,1-2H3,(H,26,30). The van der Waals surface area contributed by atoms with Gasteiger partial charge in [0, 0.05) is 35.8 Å². The Labute approximate surface area is 176 Å². The number of fused-ring (bicyclic) bond motifs is 1. The van der Waals surface area contributed by atoms with Gasteiger partial charge in [-0.25, -0.2) is 13.2 Å². The smallest absolute Gasteiger partial charge is 0.251 e. The summed E-state index contributed by atoms with van der Waals surface area (Å²) in [5.41, 5.74) is 1.05. The molecule has 1 saturated carbocycles. The summed E-state index contributed by atoms with van der Waals surface area (Å²) in [6.07, 6.45) is 1.83. The molecule has 1 fully saturated rings. The summed E-state index contributed by atoms with van der Waals surface area (Å²) in [5, 5.41) is 11.4. The average Bonchev–Trinajstić information content (AvgIpc) is 3.34. The zero-order chi connectivity index (χ0) is 21.9. The van der Waals surface area contributed by atoms with Crippen LogP contribution in [0.25, 0.3) is 11.4 Å². The van der Waals surface area contributed by atoms with Crippen molar-refractivity contribution in [1.82, 2.24) is 20.1 Å². The highest BCUT2D eigenvalue weighted by Crippen LogP contribution is 2.42. The van der Waals surface area contributed by atoms with Crippen LogP contribution in [0.5, 0.6) is 5.75 Å². The van der Waals surface area contributed by atoms with Crippen LogP contribution >= 0.6 is 0 Å². The minimum atomic E-state index is -1.25. The summed E-state index contributed by atoms with van der Waals surface area (Å²) >= 11 is 0. The van der Waals surface area contributed by atoms with Gasteiger partial charge in [-0.15, -0.1) is 10.2 Å². The molecule has 1 aliphatic carbocycles. The SMILES string of the molecule is CC(C)(Oc1c(F)cc(F)cc1F)c1nnc(-c2ccc3c(c2)CNC3=O)n1C1CC1. The van der Waals surface area contributed by atoms with E-state index in [0.717, 1.165) is 24.0 Å². The molecule has 9 heteroatoms. The van der Waals surface area contributed by atoms with Crippen molar-refractivity contribution in [2.45, 2.75) is 44.9 Å². The molecule has 0 radical (unpaired) electrons. The van der Waals surface area contributed by atoms with Crippen LogP contribution in [0.3, 0.4) is 0 Å². The number of aromatic nitrogens is 3. The number of amides is 1. The fourth-order valence-electron chi connectivity index (χ4n) is 3.88. The first kappa shape index (κ1) is 19.6. The Morgan fingerprint density at radius 1 is 1.10 bits per heavy atom. The minimum absolute atomic E-state index is 0.108. The normalized spacial score (nSPS) is 15.7. The predicted molar refractivity (Wildman–Crippen MR) is 105 cm³/mol. The van der Waals surface area contributed by atoms with E-state index in [-0.39, 0.29) is 11.9 Å². The third kappa shape index (κ3) is 3.34. The molecular weight excluding hydrogens is 409 g/mol. The lowest BCUT2D eigenvalue weighted by Crippen LogP contribution is -2.30. The third-order valence-electron chi connectivity index (χ3n) is 5.51. The van der Waals surface area contributed by atoms with E-state index in [1.165, 1.54) is 0 Å². The number of carbonyl (C=O) groups is 1. The zero-order valence-corrected chi connectivity index (χ0v) is 16.9. The van der Waals surface area contributed by atoms with Crippen LogP contribution in [0.15, 0.2) is 30.3 Å². The van der Waals surface area contributed by atoms with E-state index in [1.54, 1.807) is 19.9 Å². The van der Waals surface area contributed by atoms with Crippen LogP contribution in [0, 0.1) is 17.5 Å². The number of carbonyl (C=O) groups excluding carboxylic acids is 1. The molecule has 0 saturated heterocycles. The molecular formula is C22H19F3N4O2. The van der Waals surface area contributed by atoms with Crippen molar-refractivity contribution >= 4 is 5.91 Å². The lowest BCUT2D eigenvalue weighted by Gasteiger charge is -2.27. The number of hydrogen-bond donors (Lipinski definition) is 1. The van der Waals surface area contributed by atoms with Crippen molar-refractivity contribution in [3.05, 3.63) is 64.7 Å². The molecule has 1 aromatic heterocycles. The van der Waals surface area contributed by atoms with Gasteiger partial charge in [0.1, 0.15) is 5.82 Å². The molecule has 2 aliphatic rings. The van der Waals surface area contributed by atoms with Gasteiger partial charge >= 0.3 is 0 Å². The van der Waals surface area contributed by atoms with Gasteiger partial charge in [0.15, 0.2) is 34.6 Å². The summed E-state index contributed by atoms with van der Waals surface area (Å²) in [7, 11) is 0. The van der Waals surface area contributed by atoms with Crippen LogP contribution < -0.4 is 10.1 Å². The molecule has 160 valence electrons. The first-order valence-electron chi connectivity index (χ1n) is 9.95. The number of halogens is 3. The molecule has 3 aromatic rings. The fourth-order valence-corrected chi connectivity index (χ4v) is 3.88. The number of hydrogen-bond acceptors (Lipinski definition) is 4. The van der Waals surface area contributed by atoms with Crippen molar-refractivity contribution in [2.75, 3.05) is 0 Å². The molecule has 31 heavy (non-hydrogen) atoms. The van der Waals surface area contributed by atoms with Crippen molar-refractivity contribution in [3.63, 3.8) is 0 Å². The fraction of sp³-hybridized carbons (Fsp3) is 0.318. The summed E-state index contributed by atoms with van der Waals surface area (Å²) < 4.78 is 49.2. The highest BCUT2D eigenvalue weighted by atomic mass is 19.1. The first-order chi connectivity index (χ1) is 14.7. The van der Waals surface area contributed by atoms with E-state index in [0.29, 0.717) is 35.9 Å². The second-order valence-corrected chi connectivity index (χ2v) is 8.31. The monoisotopic (exact) mass is 428 g/mol. The quantitative estimate of drug-likeness (QED) is 0.660. The summed E-state index contributed by atoms with van der Waals surface area (Å²) in [6, 6.07) is 6.75. The van der Waals surface area contributed by atoms with E-state index in [1.807, 2.05) is 16.7 Å². The van der Waals surface area contributed by atoms with E-state index >= 15 is 0 Å². The number of nitrogens with zero attached hydrogens (tertiary/aromatic N) is 3. The van der Waals surface area contributed by atoms with Gasteiger partial charge in [0.2, 0.25) is 0 Å². The van der Waals surface area contributed by atoms with Gasteiger partial charge in [0.05, 0.1) is 0 Å². The van der Waals surface area contributed by atoms with Crippen molar-refractivity contribution in [3.8, 4) is 17.1 Å². The maximum Gasteiger partial charge on any atom is 0.251 e. The second kappa shape index (κ2) is 6.83. The first-order valence-corrected chi connectivity index (χ1v) is 9.95. The van der Waals surface area contributed by atoms with Gasteiger partial charge < -0.3 is 14.6 Å². The van der Waals surface area contributed by atoms with E-state index in [2.05, 4.69) is 15.5 Å². The molecule has 0 unspecified atom stereocenters. The highest BCUT2D eigenvalue weighted by Gasteiger charge is 2.38. The topological polar surface area (TPSA) is 69.0 Å². The van der Waals surface area contributed by atoms with Crippen LogP contribution in [0.1, 0.15) is 54.5 Å². The summed E-state index contributed by atoms with van der Waals surface area (Å²) in [4.78, 5) is 11.8. The Morgan fingerprint density at radius 3 is 2.48 bits per heavy atom. The van der Waals surface area contributed by atoms with Gasteiger partial charge in [-0.05, 0) is 44.4 Å². The molecule has 2 aromatic carbocycles. The number of ether oxygens (including phenoxy) is 1. The Hall–Kier alpha value is -3.36. The van der Waals surface area contributed by atoms with Crippen LogP contribution in [0.4, 0.5) is 13.2 Å². The van der Waals surface area contributed by atoms with Crippen LogP contribution in [0.2, 0.25) is 0 Å². The van der Waals surface area contributed by atoms with Crippen LogP contribution in [-0.2, 0) is 12.1 Å². The third-order valence-corrected chi connectivity index (χ3v) is 5.51. The predicted octanol–water partition coefficient (Wildman–Crippen LogP) is 4.25. The molecule has 6 nitrogen and oxygen atoms in total. The largest absolute Gasteiger partial charge is 0.474 e. The molecule has 0 spiro atoms. The lowest BCUT2D eigenvalue weighted by atomic mass is 10.0. The van der Waals surface area contributed by atoms with E-state index in [9.17, 15) is 18.0 Å². The van der Waals surface area contributed by atoms with Gasteiger partial charge in [-0.3, -0.25) is 4.79 Å². The average molecular weight is 428 g/mol. The Bertz CT molecular complexity index is 1190. The molecule has 0 atom stereocenters. The molecule has 2 heterocycles. The number of benzene rings is 2. The summed E-state index contributed by atoms with van der Waals surface area (Å²) in [5.74, 6) is -3.05. The second-order valence-electron chi connectivity index (χ2n) is 8.31. The summed E-state index contributed by atoms with van der Waals surface area (Å²) in [6.45, 7) is 3.71. The van der Waals surface area contributed by atoms with E-state index < -0.39 is 28.8 Å². The van der Waals surface area contributed by atoms with Gasteiger partial charge in [0.25, 0.3) is 5.91 Å². The maximum atomic E-state index is 14.2. The molecule has 1 aliphatic heterocycles. The maximum absolute atomic E-state index is 14.2. The van der Waals surface area contributed by atoms with Crippen molar-refractivity contribution in [1.29, 1.82) is 0 Å². The van der Waals surface area contributed by atoms with Gasteiger partial charge in [-0.1, -0.05) is 6.07 Å². The van der Waals surface area contributed by atoms with Crippen molar-refractivity contribution < 1.29 is 22.7 Å². The molecule has 0 bridgehead atoms. The minimum Gasteiger partial charge on any atom is -0.474 e. The molecule has 1 N–H and O–H groups in total. The Balaban J connectivity index is 1.55. The van der Waals surface area contributed by atoms with Crippen molar-refractivity contribution in [2.24, 2.45) is 0 Å². The highest BCUT2D eigenvalue weighted by molar-refractivity contribution is 5.98.